The fourth-order valence-electron chi connectivity index (χ4n) is 4.40. The summed E-state index contributed by atoms with van der Waals surface area (Å²) >= 11 is 0. The van der Waals surface area contributed by atoms with E-state index in [0.29, 0.717) is 22.9 Å². The average molecular weight is 564 g/mol. The number of carbonyl (C=O) groups excluding carboxylic acids is 1. The van der Waals surface area contributed by atoms with Gasteiger partial charge in [-0.3, -0.25) is 0 Å². The van der Waals surface area contributed by atoms with Gasteiger partial charge in [-0.2, -0.15) is 26.3 Å². The summed E-state index contributed by atoms with van der Waals surface area (Å²) in [7, 11) is 1.47. The van der Waals surface area contributed by atoms with Gasteiger partial charge in [0, 0.05) is 31.9 Å². The predicted molar refractivity (Wildman–Crippen MR) is 134 cm³/mol. The normalized spacial score (nSPS) is 15.3. The minimum atomic E-state index is -4.58. The number of rotatable bonds is 2. The van der Waals surface area contributed by atoms with E-state index in [1.54, 1.807) is 18.2 Å². The van der Waals surface area contributed by atoms with Crippen LogP contribution in [-0.4, -0.2) is 55.0 Å². The number of alkyl halides is 6. The fourth-order valence-corrected chi connectivity index (χ4v) is 4.40. The van der Waals surface area contributed by atoms with E-state index in [1.807, 2.05) is 4.90 Å². The van der Waals surface area contributed by atoms with Gasteiger partial charge >= 0.3 is 18.4 Å². The predicted octanol–water partition coefficient (Wildman–Crippen LogP) is 6.77. The minimum Gasteiger partial charge on any atom is -0.497 e. The van der Waals surface area contributed by atoms with Gasteiger partial charge in [0.25, 0.3) is 0 Å². The molecule has 1 N–H and O–H groups in total. The number of amides is 2. The molecule has 13 heteroatoms. The smallest absolute Gasteiger partial charge is 0.416 e. The maximum absolute atomic E-state index is 13.4. The third kappa shape index (κ3) is 5.63. The van der Waals surface area contributed by atoms with Gasteiger partial charge in [-0.25, -0.2) is 9.79 Å². The van der Waals surface area contributed by atoms with Crippen LogP contribution in [0.25, 0.3) is 0 Å². The second-order valence-electron chi connectivity index (χ2n) is 9.06. The van der Waals surface area contributed by atoms with Crippen molar-refractivity contribution >= 4 is 23.2 Å². The first-order valence-electron chi connectivity index (χ1n) is 12.1. The number of carbonyl (C=O) groups is 1. The minimum absolute atomic E-state index is 0.00523. The lowest BCUT2D eigenvalue weighted by atomic mass is 10.1. The fraction of sp³-hybridized carbons (Fsp3) is 0.259. The number of ether oxygens (including phenoxy) is 2. The van der Waals surface area contributed by atoms with Crippen LogP contribution in [0.2, 0.25) is 0 Å². The number of fused-ring (bicyclic) bond motifs is 2. The van der Waals surface area contributed by atoms with Crippen molar-refractivity contribution in [2.24, 2.45) is 4.99 Å². The molecule has 7 nitrogen and oxygen atoms in total. The Kier molecular flexibility index (Phi) is 6.98. The van der Waals surface area contributed by atoms with Crippen LogP contribution in [0.1, 0.15) is 16.7 Å². The van der Waals surface area contributed by atoms with Gasteiger partial charge in [-0.1, -0.05) is 6.07 Å². The first-order valence-corrected chi connectivity index (χ1v) is 12.1. The number of nitrogens with one attached hydrogen (secondary N) is 1. The van der Waals surface area contributed by atoms with Crippen LogP contribution in [0, 0.1) is 0 Å². The quantitative estimate of drug-likeness (QED) is 0.349. The summed E-state index contributed by atoms with van der Waals surface area (Å²) in [5.74, 6) is 1.33. The van der Waals surface area contributed by atoms with Crippen molar-refractivity contribution in [3.63, 3.8) is 0 Å². The van der Waals surface area contributed by atoms with Gasteiger partial charge in [0.1, 0.15) is 23.0 Å². The molecule has 0 unspecified atom stereocenters. The van der Waals surface area contributed by atoms with Crippen molar-refractivity contribution < 1.29 is 40.6 Å². The SMILES string of the molecule is COc1ccc2c(c1)C(N1CCN(C(=O)Nc3cccc(C(F)(F)F)c3)CC1)=Nc1cc(C(F)(F)F)ccc1O2. The molecular formula is C27H22F6N4O3. The molecule has 0 radical (unpaired) electrons. The average Bonchev–Trinajstić information content (AvgIpc) is 3.08. The molecule has 1 saturated heterocycles. The summed E-state index contributed by atoms with van der Waals surface area (Å²) in [4.78, 5) is 20.6. The molecule has 1 fully saturated rings. The molecule has 0 atom stereocenters. The summed E-state index contributed by atoms with van der Waals surface area (Å²) in [6.07, 6.45) is -9.13. The van der Waals surface area contributed by atoms with Gasteiger partial charge in [0.2, 0.25) is 0 Å². The molecule has 2 aliphatic heterocycles. The molecule has 0 aromatic heterocycles. The number of urea groups is 1. The number of halogens is 6. The number of piperazine rings is 1. The Hall–Kier alpha value is -4.42. The summed E-state index contributed by atoms with van der Waals surface area (Å²) in [6.45, 7) is 0.860. The molecule has 210 valence electrons. The van der Waals surface area contributed by atoms with Gasteiger partial charge in [0.15, 0.2) is 5.75 Å². The number of amidine groups is 1. The summed E-state index contributed by atoms with van der Waals surface area (Å²) in [5, 5.41) is 2.49. The van der Waals surface area contributed by atoms with Crippen LogP contribution in [0.4, 0.5) is 42.5 Å². The Bertz CT molecular complexity index is 1460. The maximum atomic E-state index is 13.4. The largest absolute Gasteiger partial charge is 0.497 e. The standard InChI is InChI=1S/C27H22F6N4O3/c1-39-19-6-8-22-20(15-19)24(35-21-14-17(27(31,32)33)5-7-23(21)40-22)36-9-11-37(12-10-36)25(38)34-18-4-2-3-16(13-18)26(28,29)30/h2-8,13-15H,9-12H2,1H3,(H,34,38). The topological polar surface area (TPSA) is 66.4 Å². The van der Waals surface area contributed by atoms with Crippen LogP contribution in [0.5, 0.6) is 17.2 Å². The number of nitrogens with zero attached hydrogens (tertiary/aromatic N) is 3. The number of hydrogen-bond donors (Lipinski definition) is 1. The molecule has 5 rings (SSSR count). The zero-order valence-electron chi connectivity index (χ0n) is 20.9. The second kappa shape index (κ2) is 10.3. The van der Waals surface area contributed by atoms with Gasteiger partial charge in [0.05, 0.1) is 23.8 Å². The number of benzene rings is 3. The lowest BCUT2D eigenvalue weighted by Crippen LogP contribution is -2.51. The summed E-state index contributed by atoms with van der Waals surface area (Å²) < 4.78 is 90.6. The Labute approximate surface area is 224 Å². The van der Waals surface area contributed by atoms with E-state index in [-0.39, 0.29) is 43.3 Å². The van der Waals surface area contributed by atoms with E-state index in [1.165, 1.54) is 30.2 Å². The number of aliphatic imine (C=N–C) groups is 1. The van der Waals surface area contributed by atoms with E-state index in [0.717, 1.165) is 24.3 Å². The molecular weight excluding hydrogens is 542 g/mol. The van der Waals surface area contributed by atoms with Crippen molar-refractivity contribution in [1.82, 2.24) is 9.80 Å². The monoisotopic (exact) mass is 564 g/mol. The summed E-state index contributed by atoms with van der Waals surface area (Å²) in [5.41, 5.74) is -1.27. The van der Waals surface area contributed by atoms with Gasteiger partial charge < -0.3 is 24.6 Å². The number of methoxy groups -OCH3 is 1. The van der Waals surface area contributed by atoms with Crippen LogP contribution >= 0.6 is 0 Å². The van der Waals surface area contributed by atoms with E-state index < -0.39 is 29.5 Å². The zero-order valence-corrected chi connectivity index (χ0v) is 20.9. The zero-order chi connectivity index (χ0) is 28.7. The highest BCUT2D eigenvalue weighted by Crippen LogP contribution is 2.42. The Morgan fingerprint density at radius 1 is 0.875 bits per heavy atom. The number of hydrogen-bond acceptors (Lipinski definition) is 5. The lowest BCUT2D eigenvalue weighted by Gasteiger charge is -2.36. The Morgan fingerprint density at radius 3 is 2.23 bits per heavy atom. The second-order valence-corrected chi connectivity index (χ2v) is 9.06. The van der Waals surface area contributed by atoms with Crippen LogP contribution < -0.4 is 14.8 Å². The van der Waals surface area contributed by atoms with Crippen molar-refractivity contribution in [2.45, 2.75) is 12.4 Å². The molecule has 3 aromatic rings. The molecule has 0 saturated carbocycles. The lowest BCUT2D eigenvalue weighted by molar-refractivity contribution is -0.138. The van der Waals surface area contributed by atoms with Crippen molar-refractivity contribution in [3.05, 3.63) is 77.4 Å². The molecule has 2 amide bonds. The molecule has 0 bridgehead atoms. The highest BCUT2D eigenvalue weighted by molar-refractivity contribution is 6.04. The van der Waals surface area contributed by atoms with Gasteiger partial charge in [-0.05, 0) is 54.6 Å². The van der Waals surface area contributed by atoms with Crippen molar-refractivity contribution in [3.8, 4) is 17.2 Å². The van der Waals surface area contributed by atoms with Gasteiger partial charge in [-0.15, -0.1) is 0 Å². The molecule has 0 spiro atoms. The molecule has 2 heterocycles. The number of anilines is 1. The first kappa shape index (κ1) is 27.2. The van der Waals surface area contributed by atoms with Crippen LogP contribution in [-0.2, 0) is 12.4 Å². The molecule has 0 aliphatic carbocycles. The third-order valence-electron chi connectivity index (χ3n) is 6.47. The van der Waals surface area contributed by atoms with Crippen LogP contribution in [0.3, 0.4) is 0 Å². The van der Waals surface area contributed by atoms with E-state index in [9.17, 15) is 31.1 Å². The van der Waals surface area contributed by atoms with Crippen molar-refractivity contribution in [1.29, 1.82) is 0 Å². The highest BCUT2D eigenvalue weighted by Gasteiger charge is 2.34. The maximum Gasteiger partial charge on any atom is 0.416 e. The first-order chi connectivity index (χ1) is 18.9. The Balaban J connectivity index is 1.39. The van der Waals surface area contributed by atoms with Crippen molar-refractivity contribution in [2.75, 3.05) is 38.6 Å². The summed E-state index contributed by atoms with van der Waals surface area (Å²) in [6, 6.07) is 11.8. The highest BCUT2D eigenvalue weighted by atomic mass is 19.4. The molecule has 3 aromatic carbocycles. The third-order valence-corrected chi connectivity index (χ3v) is 6.47. The van der Waals surface area contributed by atoms with E-state index in [2.05, 4.69) is 10.3 Å². The molecule has 40 heavy (non-hydrogen) atoms. The Morgan fingerprint density at radius 2 is 1.55 bits per heavy atom. The van der Waals surface area contributed by atoms with E-state index in [4.69, 9.17) is 9.47 Å². The molecule has 2 aliphatic rings. The van der Waals surface area contributed by atoms with Crippen LogP contribution in [0.15, 0.2) is 65.7 Å². The van der Waals surface area contributed by atoms with E-state index >= 15 is 0 Å².